The van der Waals surface area contributed by atoms with Gasteiger partial charge >= 0.3 is 0 Å². The normalized spacial score (nSPS) is 23.4. The molecular weight excluding hydrogens is 444 g/mol. The Morgan fingerprint density at radius 3 is 1.08 bits per heavy atom. The summed E-state index contributed by atoms with van der Waals surface area (Å²) < 4.78 is 0. The molecule has 2 aromatic carbocycles. The third kappa shape index (κ3) is 5.89. The SMILES string of the molecule is Cc1c(C2CCCCC2)cc(-c2cc(C3CCCCC3)cc(C3CCCCC3)c2)cc1C1CCCCC1. The molecule has 4 saturated carbocycles. The Morgan fingerprint density at radius 2 is 0.703 bits per heavy atom. The summed E-state index contributed by atoms with van der Waals surface area (Å²) in [6, 6.07) is 13.4. The molecule has 0 heteroatoms. The van der Waals surface area contributed by atoms with Gasteiger partial charge in [-0.2, -0.15) is 0 Å². The minimum atomic E-state index is 0.787. The van der Waals surface area contributed by atoms with Crippen LogP contribution in [0.25, 0.3) is 11.1 Å². The van der Waals surface area contributed by atoms with E-state index in [1.165, 1.54) is 128 Å². The molecule has 0 radical (unpaired) electrons. The Labute approximate surface area is 228 Å². The first-order valence-corrected chi connectivity index (χ1v) is 16.6. The molecular formula is C37H52. The van der Waals surface area contributed by atoms with Crippen molar-refractivity contribution in [2.45, 2.75) is 159 Å². The second kappa shape index (κ2) is 12.1. The van der Waals surface area contributed by atoms with Crippen molar-refractivity contribution in [1.29, 1.82) is 0 Å². The van der Waals surface area contributed by atoms with E-state index in [0.717, 1.165) is 23.7 Å². The van der Waals surface area contributed by atoms with Crippen LogP contribution in [-0.2, 0) is 0 Å². The summed E-state index contributed by atoms with van der Waals surface area (Å²) in [5, 5.41) is 0. The first-order valence-electron chi connectivity index (χ1n) is 16.6. The Kier molecular flexibility index (Phi) is 8.40. The van der Waals surface area contributed by atoms with E-state index < -0.39 is 0 Å². The van der Waals surface area contributed by atoms with Crippen molar-refractivity contribution in [2.75, 3.05) is 0 Å². The lowest BCUT2D eigenvalue weighted by Crippen LogP contribution is -2.12. The van der Waals surface area contributed by atoms with Gasteiger partial charge in [-0.15, -0.1) is 0 Å². The largest absolute Gasteiger partial charge is 0.0552 e. The van der Waals surface area contributed by atoms with Gasteiger partial charge < -0.3 is 0 Å². The standard InChI is InChI=1S/C37H52/c1-27-36(30-18-10-4-11-19-30)25-35(26-37(27)31-20-12-5-13-21-31)34-23-32(28-14-6-2-7-15-28)22-33(24-34)29-16-8-3-9-17-29/h22-26,28-31H,2-21H2,1H3. The van der Waals surface area contributed by atoms with E-state index >= 15 is 0 Å². The molecule has 0 atom stereocenters. The van der Waals surface area contributed by atoms with Crippen molar-refractivity contribution in [3.63, 3.8) is 0 Å². The van der Waals surface area contributed by atoms with Crippen LogP contribution in [0.4, 0.5) is 0 Å². The Hall–Kier alpha value is -1.56. The van der Waals surface area contributed by atoms with Gasteiger partial charge in [0.05, 0.1) is 0 Å². The maximum atomic E-state index is 2.68. The van der Waals surface area contributed by atoms with Crippen LogP contribution in [0.3, 0.4) is 0 Å². The van der Waals surface area contributed by atoms with Gasteiger partial charge in [-0.05, 0) is 121 Å². The van der Waals surface area contributed by atoms with Gasteiger partial charge in [0.1, 0.15) is 0 Å². The fourth-order valence-corrected chi connectivity index (χ4v) is 8.79. The lowest BCUT2D eigenvalue weighted by atomic mass is 9.75. The molecule has 4 aliphatic rings. The van der Waals surface area contributed by atoms with Crippen LogP contribution < -0.4 is 0 Å². The summed E-state index contributed by atoms with van der Waals surface area (Å²) in [6.45, 7) is 2.49. The van der Waals surface area contributed by atoms with Gasteiger partial charge in [-0.1, -0.05) is 107 Å². The van der Waals surface area contributed by atoms with Gasteiger partial charge in [0.25, 0.3) is 0 Å². The predicted octanol–water partition coefficient (Wildman–Crippen LogP) is 11.9. The number of hydrogen-bond donors (Lipinski definition) is 0. The van der Waals surface area contributed by atoms with E-state index in [9.17, 15) is 0 Å². The van der Waals surface area contributed by atoms with Gasteiger partial charge in [0.15, 0.2) is 0 Å². The van der Waals surface area contributed by atoms with E-state index in [4.69, 9.17) is 0 Å². The highest BCUT2D eigenvalue weighted by atomic mass is 14.3. The molecule has 0 amide bonds. The zero-order chi connectivity index (χ0) is 25.0. The van der Waals surface area contributed by atoms with Crippen LogP contribution in [0.2, 0.25) is 0 Å². The number of hydrogen-bond acceptors (Lipinski definition) is 0. The average Bonchev–Trinajstić information content (AvgIpc) is 2.99. The maximum Gasteiger partial charge on any atom is -0.0159 e. The highest BCUT2D eigenvalue weighted by Crippen LogP contribution is 2.44. The van der Waals surface area contributed by atoms with E-state index in [-0.39, 0.29) is 0 Å². The Bertz CT molecular complexity index is 945. The summed E-state index contributed by atoms with van der Waals surface area (Å²) in [5.41, 5.74) is 11.6. The molecule has 0 aromatic heterocycles. The molecule has 37 heavy (non-hydrogen) atoms. The summed E-state index contributed by atoms with van der Waals surface area (Å²) in [7, 11) is 0. The van der Waals surface area contributed by atoms with Gasteiger partial charge in [0, 0.05) is 0 Å². The third-order valence-corrected chi connectivity index (χ3v) is 11.0. The quantitative estimate of drug-likeness (QED) is 0.386. The van der Waals surface area contributed by atoms with Crippen molar-refractivity contribution in [3.8, 4) is 11.1 Å². The average molecular weight is 497 g/mol. The fourth-order valence-electron chi connectivity index (χ4n) is 8.79. The summed E-state index contributed by atoms with van der Waals surface area (Å²) in [6.07, 6.45) is 28.4. The van der Waals surface area contributed by atoms with Gasteiger partial charge in [-0.25, -0.2) is 0 Å². The molecule has 6 rings (SSSR count). The third-order valence-electron chi connectivity index (χ3n) is 11.0. The van der Waals surface area contributed by atoms with Gasteiger partial charge in [-0.3, -0.25) is 0 Å². The highest BCUT2D eigenvalue weighted by Gasteiger charge is 2.26. The lowest BCUT2D eigenvalue weighted by Gasteiger charge is -2.30. The number of rotatable bonds is 5. The van der Waals surface area contributed by atoms with Crippen molar-refractivity contribution in [2.24, 2.45) is 0 Å². The molecule has 0 saturated heterocycles. The van der Waals surface area contributed by atoms with Crippen LogP contribution in [0.15, 0.2) is 30.3 Å². The first kappa shape index (κ1) is 25.7. The number of benzene rings is 2. The minimum Gasteiger partial charge on any atom is -0.0552 e. The summed E-state index contributed by atoms with van der Waals surface area (Å²) in [5.74, 6) is 3.15. The summed E-state index contributed by atoms with van der Waals surface area (Å²) >= 11 is 0. The summed E-state index contributed by atoms with van der Waals surface area (Å²) in [4.78, 5) is 0. The smallest absolute Gasteiger partial charge is 0.0159 e. The van der Waals surface area contributed by atoms with E-state index in [1.54, 1.807) is 38.9 Å². The second-order valence-electron chi connectivity index (χ2n) is 13.5. The molecule has 2 aromatic rings. The Morgan fingerprint density at radius 1 is 0.378 bits per heavy atom. The minimum absolute atomic E-state index is 0.787. The van der Waals surface area contributed by atoms with Crippen LogP contribution in [-0.4, -0.2) is 0 Å². The van der Waals surface area contributed by atoms with Crippen LogP contribution in [0.1, 0.15) is 180 Å². The molecule has 0 N–H and O–H groups in total. The van der Waals surface area contributed by atoms with Crippen LogP contribution >= 0.6 is 0 Å². The fraction of sp³-hybridized carbons (Fsp3) is 0.676. The van der Waals surface area contributed by atoms with Crippen molar-refractivity contribution < 1.29 is 0 Å². The zero-order valence-electron chi connectivity index (χ0n) is 23.8. The molecule has 0 heterocycles. The monoisotopic (exact) mass is 496 g/mol. The predicted molar refractivity (Wildman–Crippen MR) is 160 cm³/mol. The second-order valence-corrected chi connectivity index (χ2v) is 13.5. The van der Waals surface area contributed by atoms with E-state index in [0.29, 0.717) is 0 Å². The Balaban J connectivity index is 1.45. The van der Waals surface area contributed by atoms with Crippen molar-refractivity contribution in [1.82, 2.24) is 0 Å². The molecule has 0 unspecified atom stereocenters. The van der Waals surface area contributed by atoms with Gasteiger partial charge in [0.2, 0.25) is 0 Å². The molecule has 0 bridgehead atoms. The topological polar surface area (TPSA) is 0 Å². The van der Waals surface area contributed by atoms with Crippen LogP contribution in [0, 0.1) is 6.92 Å². The van der Waals surface area contributed by atoms with E-state index in [2.05, 4.69) is 37.3 Å². The lowest BCUT2D eigenvalue weighted by molar-refractivity contribution is 0.433. The molecule has 0 aliphatic heterocycles. The molecule has 4 aliphatic carbocycles. The maximum absolute atomic E-state index is 2.68. The van der Waals surface area contributed by atoms with Crippen molar-refractivity contribution >= 4 is 0 Å². The highest BCUT2D eigenvalue weighted by molar-refractivity contribution is 5.69. The molecule has 4 fully saturated rings. The van der Waals surface area contributed by atoms with E-state index in [1.807, 2.05) is 0 Å². The van der Waals surface area contributed by atoms with Crippen LogP contribution in [0.5, 0.6) is 0 Å². The zero-order valence-corrected chi connectivity index (χ0v) is 23.8. The first-order chi connectivity index (χ1) is 18.3. The molecule has 200 valence electrons. The molecule has 0 spiro atoms. The van der Waals surface area contributed by atoms with Crippen molar-refractivity contribution in [3.05, 3.63) is 58.1 Å². The molecule has 0 nitrogen and oxygen atoms in total.